The molecule has 2 rings (SSSR count). The Morgan fingerprint density at radius 1 is 1.78 bits per heavy atom. The van der Waals surface area contributed by atoms with Crippen LogP contribution in [0.3, 0.4) is 0 Å². The van der Waals surface area contributed by atoms with Crippen LogP contribution in [-0.2, 0) is 14.3 Å². The number of aromatic nitrogens is 2. The summed E-state index contributed by atoms with van der Waals surface area (Å²) in [5, 5.41) is 4.18. The zero-order valence-corrected chi connectivity index (χ0v) is 11.9. The van der Waals surface area contributed by atoms with Crippen LogP contribution >= 0.6 is 15.9 Å². The standard InChI is InChI=1S/C12H17BrN2O3/c1-17-12(16)11(15-7-10(13)6-14-15)5-9-3-2-4-18-8-9/h6-7,9,11H,2-5,8H2,1H3. The maximum Gasteiger partial charge on any atom is 0.330 e. The monoisotopic (exact) mass is 316 g/mol. The van der Waals surface area contributed by atoms with Gasteiger partial charge < -0.3 is 9.47 Å². The van der Waals surface area contributed by atoms with Gasteiger partial charge in [0.2, 0.25) is 0 Å². The molecule has 5 nitrogen and oxygen atoms in total. The van der Waals surface area contributed by atoms with E-state index < -0.39 is 0 Å². The fraction of sp³-hybridized carbons (Fsp3) is 0.667. The first-order valence-corrected chi connectivity index (χ1v) is 6.85. The van der Waals surface area contributed by atoms with Crippen LogP contribution in [0.2, 0.25) is 0 Å². The zero-order valence-electron chi connectivity index (χ0n) is 10.3. The van der Waals surface area contributed by atoms with E-state index in [9.17, 15) is 4.79 Å². The molecule has 0 N–H and O–H groups in total. The molecule has 1 fully saturated rings. The fourth-order valence-electron chi connectivity index (χ4n) is 2.24. The van der Waals surface area contributed by atoms with E-state index in [0.717, 1.165) is 30.5 Å². The zero-order chi connectivity index (χ0) is 13.0. The SMILES string of the molecule is COC(=O)C(CC1CCCOC1)n1cc(Br)cn1. The second-order valence-corrected chi connectivity index (χ2v) is 5.41. The number of carbonyl (C=O) groups excluding carboxylic acids is 1. The number of hydrogen-bond donors (Lipinski definition) is 0. The van der Waals surface area contributed by atoms with Crippen LogP contribution in [0.25, 0.3) is 0 Å². The summed E-state index contributed by atoms with van der Waals surface area (Å²) < 4.78 is 12.8. The minimum atomic E-state index is -0.368. The minimum Gasteiger partial charge on any atom is -0.467 e. The summed E-state index contributed by atoms with van der Waals surface area (Å²) in [4.78, 5) is 11.9. The van der Waals surface area contributed by atoms with Gasteiger partial charge in [-0.15, -0.1) is 0 Å². The minimum absolute atomic E-state index is 0.254. The van der Waals surface area contributed by atoms with Gasteiger partial charge >= 0.3 is 5.97 Å². The van der Waals surface area contributed by atoms with Crippen molar-refractivity contribution in [3.8, 4) is 0 Å². The van der Waals surface area contributed by atoms with Crippen LogP contribution < -0.4 is 0 Å². The van der Waals surface area contributed by atoms with Gasteiger partial charge in [0, 0.05) is 19.4 Å². The molecule has 0 spiro atoms. The fourth-order valence-corrected chi connectivity index (χ4v) is 2.54. The van der Waals surface area contributed by atoms with Crippen LogP contribution in [0.1, 0.15) is 25.3 Å². The molecular formula is C12H17BrN2O3. The van der Waals surface area contributed by atoms with Crippen LogP contribution in [0, 0.1) is 5.92 Å². The van der Waals surface area contributed by atoms with Gasteiger partial charge in [0.05, 0.1) is 17.8 Å². The van der Waals surface area contributed by atoms with Crippen molar-refractivity contribution in [2.24, 2.45) is 5.92 Å². The van der Waals surface area contributed by atoms with Crippen LogP contribution in [-0.4, -0.2) is 36.1 Å². The van der Waals surface area contributed by atoms with Gasteiger partial charge in [0.1, 0.15) is 6.04 Å². The molecular weight excluding hydrogens is 300 g/mol. The summed E-state index contributed by atoms with van der Waals surface area (Å²) in [7, 11) is 1.41. The molecule has 1 aromatic heterocycles. The van der Waals surface area contributed by atoms with E-state index in [-0.39, 0.29) is 12.0 Å². The Bertz CT molecular complexity index is 402. The topological polar surface area (TPSA) is 53.4 Å². The molecule has 2 heterocycles. The molecule has 2 unspecified atom stereocenters. The van der Waals surface area contributed by atoms with Crippen molar-refractivity contribution >= 4 is 21.9 Å². The number of carbonyl (C=O) groups is 1. The molecule has 0 bridgehead atoms. The maximum atomic E-state index is 11.9. The Morgan fingerprint density at radius 3 is 3.17 bits per heavy atom. The molecule has 0 amide bonds. The molecule has 2 atom stereocenters. The lowest BCUT2D eigenvalue weighted by Crippen LogP contribution is -2.27. The van der Waals surface area contributed by atoms with Gasteiger partial charge in [-0.1, -0.05) is 0 Å². The highest BCUT2D eigenvalue weighted by Gasteiger charge is 2.27. The van der Waals surface area contributed by atoms with Crippen molar-refractivity contribution in [3.05, 3.63) is 16.9 Å². The Kier molecular flexibility index (Phi) is 4.77. The second kappa shape index (κ2) is 6.33. The van der Waals surface area contributed by atoms with Crippen LogP contribution in [0.4, 0.5) is 0 Å². The van der Waals surface area contributed by atoms with E-state index in [0.29, 0.717) is 12.3 Å². The van der Waals surface area contributed by atoms with Gasteiger partial charge in [-0.3, -0.25) is 4.68 Å². The third-order valence-electron chi connectivity index (χ3n) is 3.17. The van der Waals surface area contributed by atoms with Crippen molar-refractivity contribution in [2.75, 3.05) is 20.3 Å². The molecule has 0 aromatic carbocycles. The molecule has 0 saturated carbocycles. The lowest BCUT2D eigenvalue weighted by atomic mass is 9.94. The predicted molar refractivity (Wildman–Crippen MR) is 69.1 cm³/mol. The molecule has 100 valence electrons. The molecule has 0 radical (unpaired) electrons. The average Bonchev–Trinajstić information content (AvgIpc) is 2.83. The quantitative estimate of drug-likeness (QED) is 0.799. The number of esters is 1. The normalized spacial score (nSPS) is 21.6. The number of methoxy groups -OCH3 is 1. The van der Waals surface area contributed by atoms with Crippen molar-refractivity contribution in [1.82, 2.24) is 9.78 Å². The van der Waals surface area contributed by atoms with Crippen molar-refractivity contribution in [2.45, 2.75) is 25.3 Å². The number of ether oxygens (including phenoxy) is 2. The van der Waals surface area contributed by atoms with E-state index in [1.165, 1.54) is 7.11 Å². The summed E-state index contributed by atoms with van der Waals surface area (Å²) in [6.45, 7) is 1.54. The van der Waals surface area contributed by atoms with Crippen LogP contribution in [0.15, 0.2) is 16.9 Å². The lowest BCUT2D eigenvalue weighted by molar-refractivity contribution is -0.145. The smallest absolute Gasteiger partial charge is 0.330 e. The lowest BCUT2D eigenvalue weighted by Gasteiger charge is -2.25. The van der Waals surface area contributed by atoms with Gasteiger partial charge in [-0.25, -0.2) is 4.79 Å². The molecule has 1 aliphatic rings. The van der Waals surface area contributed by atoms with Gasteiger partial charge in [0.25, 0.3) is 0 Å². The first kappa shape index (κ1) is 13.5. The molecule has 1 aliphatic heterocycles. The molecule has 6 heteroatoms. The predicted octanol–water partition coefficient (Wildman–Crippen LogP) is 2.18. The summed E-state index contributed by atoms with van der Waals surface area (Å²) in [6.07, 6.45) is 6.33. The number of halogens is 1. The number of hydrogen-bond acceptors (Lipinski definition) is 4. The summed E-state index contributed by atoms with van der Waals surface area (Å²) in [5.41, 5.74) is 0. The highest BCUT2D eigenvalue weighted by molar-refractivity contribution is 9.10. The van der Waals surface area contributed by atoms with E-state index in [1.54, 1.807) is 17.1 Å². The summed E-state index contributed by atoms with van der Waals surface area (Å²) >= 11 is 3.34. The number of nitrogens with zero attached hydrogens (tertiary/aromatic N) is 2. The molecule has 0 aliphatic carbocycles. The summed E-state index contributed by atoms with van der Waals surface area (Å²) in [5.74, 6) is 0.141. The highest BCUT2D eigenvalue weighted by Crippen LogP contribution is 2.26. The third kappa shape index (κ3) is 3.32. The Labute approximate surface area is 115 Å². The number of rotatable bonds is 4. The third-order valence-corrected chi connectivity index (χ3v) is 3.58. The van der Waals surface area contributed by atoms with Gasteiger partial charge in [-0.05, 0) is 41.1 Å². The summed E-state index contributed by atoms with van der Waals surface area (Å²) in [6, 6.07) is -0.368. The highest BCUT2D eigenvalue weighted by atomic mass is 79.9. The van der Waals surface area contributed by atoms with Crippen LogP contribution in [0.5, 0.6) is 0 Å². The second-order valence-electron chi connectivity index (χ2n) is 4.50. The average molecular weight is 317 g/mol. The van der Waals surface area contributed by atoms with Crippen molar-refractivity contribution in [1.29, 1.82) is 0 Å². The van der Waals surface area contributed by atoms with Crippen molar-refractivity contribution < 1.29 is 14.3 Å². The Balaban J connectivity index is 2.07. The van der Waals surface area contributed by atoms with E-state index in [1.807, 2.05) is 0 Å². The van der Waals surface area contributed by atoms with E-state index >= 15 is 0 Å². The molecule has 1 aromatic rings. The largest absolute Gasteiger partial charge is 0.467 e. The Morgan fingerprint density at radius 2 is 2.61 bits per heavy atom. The molecule has 1 saturated heterocycles. The first-order chi connectivity index (χ1) is 8.70. The Hall–Kier alpha value is -0.880. The van der Waals surface area contributed by atoms with Gasteiger partial charge in [-0.2, -0.15) is 5.10 Å². The molecule has 18 heavy (non-hydrogen) atoms. The van der Waals surface area contributed by atoms with E-state index in [4.69, 9.17) is 9.47 Å². The van der Waals surface area contributed by atoms with Gasteiger partial charge in [0.15, 0.2) is 0 Å². The van der Waals surface area contributed by atoms with Crippen molar-refractivity contribution in [3.63, 3.8) is 0 Å². The first-order valence-electron chi connectivity index (χ1n) is 6.06. The van der Waals surface area contributed by atoms with E-state index in [2.05, 4.69) is 21.0 Å². The maximum absolute atomic E-state index is 11.9.